The van der Waals surface area contributed by atoms with E-state index in [2.05, 4.69) is 5.32 Å². The van der Waals surface area contributed by atoms with Crippen molar-refractivity contribution in [2.24, 2.45) is 0 Å². The molecule has 0 heterocycles. The molecule has 90 valence electrons. The maximum atomic E-state index is 11.9. The lowest BCUT2D eigenvalue weighted by Crippen LogP contribution is -2.40. The zero-order chi connectivity index (χ0) is 13.1. The number of rotatable bonds is 2. The molecule has 0 atom stereocenters. The minimum absolute atomic E-state index is 0.180. The standard InChI is InChI=1S/C13H16N2O2/c1-13(2,3)15-12(16)9-5-6-10(8-14)11(7-9)17-4/h5-7H,1-4H3,(H,15,16). The van der Waals surface area contributed by atoms with Gasteiger partial charge in [-0.2, -0.15) is 5.26 Å². The van der Waals surface area contributed by atoms with Crippen molar-refractivity contribution in [3.8, 4) is 11.8 Å². The number of nitriles is 1. The van der Waals surface area contributed by atoms with Gasteiger partial charge in [0.25, 0.3) is 5.91 Å². The van der Waals surface area contributed by atoms with Crippen LogP contribution in [0, 0.1) is 11.3 Å². The molecule has 0 spiro atoms. The first kappa shape index (κ1) is 13.0. The second-order valence-electron chi connectivity index (χ2n) is 4.73. The lowest BCUT2D eigenvalue weighted by Gasteiger charge is -2.20. The number of nitrogens with one attached hydrogen (secondary N) is 1. The third kappa shape index (κ3) is 3.49. The van der Waals surface area contributed by atoms with Crippen LogP contribution in [0.2, 0.25) is 0 Å². The molecular formula is C13H16N2O2. The molecule has 0 saturated heterocycles. The number of hydrogen-bond donors (Lipinski definition) is 1. The topological polar surface area (TPSA) is 62.1 Å². The molecule has 17 heavy (non-hydrogen) atoms. The Balaban J connectivity index is 3.01. The Labute approximate surface area is 101 Å². The van der Waals surface area contributed by atoms with Gasteiger partial charge >= 0.3 is 0 Å². The zero-order valence-electron chi connectivity index (χ0n) is 10.5. The zero-order valence-corrected chi connectivity index (χ0v) is 10.5. The second-order valence-corrected chi connectivity index (χ2v) is 4.73. The summed E-state index contributed by atoms with van der Waals surface area (Å²) in [5, 5.41) is 11.7. The molecule has 4 nitrogen and oxygen atoms in total. The summed E-state index contributed by atoms with van der Waals surface area (Å²) >= 11 is 0. The smallest absolute Gasteiger partial charge is 0.251 e. The van der Waals surface area contributed by atoms with Crippen LogP contribution < -0.4 is 10.1 Å². The Bertz CT molecular complexity index is 467. The SMILES string of the molecule is COc1cc(C(=O)NC(C)(C)C)ccc1C#N. The van der Waals surface area contributed by atoms with Crippen molar-refractivity contribution in [2.45, 2.75) is 26.3 Å². The molecule has 0 unspecified atom stereocenters. The van der Waals surface area contributed by atoms with E-state index in [0.717, 1.165) is 0 Å². The number of ether oxygens (including phenoxy) is 1. The Kier molecular flexibility index (Phi) is 3.74. The van der Waals surface area contributed by atoms with Crippen molar-refractivity contribution in [1.29, 1.82) is 5.26 Å². The molecular weight excluding hydrogens is 216 g/mol. The highest BCUT2D eigenvalue weighted by atomic mass is 16.5. The normalized spacial score (nSPS) is 10.5. The van der Waals surface area contributed by atoms with Crippen molar-refractivity contribution >= 4 is 5.91 Å². The van der Waals surface area contributed by atoms with Gasteiger partial charge in [-0.1, -0.05) is 0 Å². The lowest BCUT2D eigenvalue weighted by molar-refractivity contribution is 0.0919. The van der Waals surface area contributed by atoms with Gasteiger partial charge < -0.3 is 10.1 Å². The highest BCUT2D eigenvalue weighted by Crippen LogP contribution is 2.19. The molecule has 1 rings (SSSR count). The van der Waals surface area contributed by atoms with Gasteiger partial charge in [-0.25, -0.2) is 0 Å². The highest BCUT2D eigenvalue weighted by molar-refractivity contribution is 5.95. The molecule has 4 heteroatoms. The van der Waals surface area contributed by atoms with Gasteiger partial charge in [-0.3, -0.25) is 4.79 Å². The molecule has 0 aliphatic rings. The van der Waals surface area contributed by atoms with Gasteiger partial charge in [0.1, 0.15) is 11.8 Å². The minimum Gasteiger partial charge on any atom is -0.495 e. The second kappa shape index (κ2) is 4.88. The van der Waals surface area contributed by atoms with Gasteiger partial charge in [0.15, 0.2) is 0 Å². The highest BCUT2D eigenvalue weighted by Gasteiger charge is 2.16. The fourth-order valence-electron chi connectivity index (χ4n) is 1.34. The summed E-state index contributed by atoms with van der Waals surface area (Å²) in [6.45, 7) is 5.73. The van der Waals surface area contributed by atoms with E-state index in [1.807, 2.05) is 26.8 Å². The molecule has 0 saturated carbocycles. The van der Waals surface area contributed by atoms with Crippen LogP contribution >= 0.6 is 0 Å². The van der Waals surface area contributed by atoms with E-state index in [1.165, 1.54) is 7.11 Å². The van der Waals surface area contributed by atoms with E-state index >= 15 is 0 Å². The van der Waals surface area contributed by atoms with E-state index in [-0.39, 0.29) is 11.4 Å². The van der Waals surface area contributed by atoms with Crippen LogP contribution in [0.5, 0.6) is 5.75 Å². The van der Waals surface area contributed by atoms with Crippen LogP contribution in [-0.2, 0) is 0 Å². The number of carbonyl (C=O) groups is 1. The maximum absolute atomic E-state index is 11.9. The molecule has 0 bridgehead atoms. The van der Waals surface area contributed by atoms with Crippen LogP contribution in [0.15, 0.2) is 18.2 Å². The molecule has 0 aliphatic heterocycles. The minimum atomic E-state index is -0.293. The predicted octanol–water partition coefficient (Wildman–Crippen LogP) is 2.10. The van der Waals surface area contributed by atoms with E-state index in [0.29, 0.717) is 16.9 Å². The average Bonchev–Trinajstić information content (AvgIpc) is 2.25. The van der Waals surface area contributed by atoms with E-state index in [9.17, 15) is 4.79 Å². The third-order valence-corrected chi connectivity index (χ3v) is 2.07. The monoisotopic (exact) mass is 232 g/mol. The Morgan fingerprint density at radius 2 is 2.06 bits per heavy atom. The fourth-order valence-corrected chi connectivity index (χ4v) is 1.34. The summed E-state index contributed by atoms with van der Waals surface area (Å²) in [4.78, 5) is 11.9. The number of carbonyl (C=O) groups excluding carboxylic acids is 1. The molecule has 1 aromatic rings. The average molecular weight is 232 g/mol. The quantitative estimate of drug-likeness (QED) is 0.849. The molecule has 1 amide bonds. The summed E-state index contributed by atoms with van der Waals surface area (Å²) < 4.78 is 5.05. The predicted molar refractivity (Wildman–Crippen MR) is 64.9 cm³/mol. The van der Waals surface area contributed by atoms with E-state index in [4.69, 9.17) is 10.00 Å². The number of benzene rings is 1. The lowest BCUT2D eigenvalue weighted by atomic mass is 10.1. The van der Waals surface area contributed by atoms with Crippen LogP contribution in [0.3, 0.4) is 0 Å². The number of nitrogens with zero attached hydrogens (tertiary/aromatic N) is 1. The molecule has 0 radical (unpaired) electrons. The van der Waals surface area contributed by atoms with Gasteiger partial charge in [-0.05, 0) is 39.0 Å². The summed E-state index contributed by atoms with van der Waals surface area (Å²) in [5.74, 6) is 0.231. The van der Waals surface area contributed by atoms with Crippen LogP contribution in [0.25, 0.3) is 0 Å². The van der Waals surface area contributed by atoms with Crippen molar-refractivity contribution in [3.63, 3.8) is 0 Å². The molecule has 0 aliphatic carbocycles. The van der Waals surface area contributed by atoms with Crippen molar-refractivity contribution < 1.29 is 9.53 Å². The van der Waals surface area contributed by atoms with Gasteiger partial charge in [0.05, 0.1) is 12.7 Å². The van der Waals surface area contributed by atoms with Crippen molar-refractivity contribution in [3.05, 3.63) is 29.3 Å². The molecule has 1 aromatic carbocycles. The summed E-state index contributed by atoms with van der Waals surface area (Å²) in [6, 6.07) is 6.77. The third-order valence-electron chi connectivity index (χ3n) is 2.07. The summed E-state index contributed by atoms with van der Waals surface area (Å²) in [5.41, 5.74) is 0.605. The van der Waals surface area contributed by atoms with Gasteiger partial charge in [0, 0.05) is 11.1 Å². The Hall–Kier alpha value is -2.02. The first-order valence-electron chi connectivity index (χ1n) is 5.28. The number of amides is 1. The fraction of sp³-hybridized carbons (Fsp3) is 0.385. The molecule has 0 aromatic heterocycles. The first-order valence-corrected chi connectivity index (χ1v) is 5.28. The van der Waals surface area contributed by atoms with E-state index in [1.54, 1.807) is 18.2 Å². The number of methoxy groups -OCH3 is 1. The van der Waals surface area contributed by atoms with Crippen LogP contribution in [0.4, 0.5) is 0 Å². The summed E-state index contributed by atoms with van der Waals surface area (Å²) in [7, 11) is 1.47. The van der Waals surface area contributed by atoms with Crippen molar-refractivity contribution in [1.82, 2.24) is 5.32 Å². The van der Waals surface area contributed by atoms with Crippen LogP contribution in [-0.4, -0.2) is 18.6 Å². The summed E-state index contributed by atoms with van der Waals surface area (Å²) in [6.07, 6.45) is 0. The van der Waals surface area contributed by atoms with E-state index < -0.39 is 0 Å². The molecule has 1 N–H and O–H groups in total. The van der Waals surface area contributed by atoms with Gasteiger partial charge in [-0.15, -0.1) is 0 Å². The van der Waals surface area contributed by atoms with Crippen molar-refractivity contribution in [2.75, 3.05) is 7.11 Å². The largest absolute Gasteiger partial charge is 0.495 e. The Morgan fingerprint density at radius 3 is 2.53 bits per heavy atom. The first-order chi connectivity index (χ1) is 7.87. The molecule has 0 fully saturated rings. The maximum Gasteiger partial charge on any atom is 0.251 e. The Morgan fingerprint density at radius 1 is 1.41 bits per heavy atom. The number of hydrogen-bond acceptors (Lipinski definition) is 3. The van der Waals surface area contributed by atoms with Gasteiger partial charge in [0.2, 0.25) is 0 Å². The van der Waals surface area contributed by atoms with Crippen LogP contribution in [0.1, 0.15) is 36.7 Å².